The lowest BCUT2D eigenvalue weighted by Gasteiger charge is -2.19. The topological polar surface area (TPSA) is 107 Å². The Bertz CT molecular complexity index is 233. The van der Waals surface area contributed by atoms with Gasteiger partial charge in [-0.15, -0.1) is 0 Å². The maximum atomic E-state index is 11.2. The van der Waals surface area contributed by atoms with Gasteiger partial charge in [0, 0.05) is 6.54 Å². The molecule has 0 saturated heterocycles. The lowest BCUT2D eigenvalue weighted by Crippen LogP contribution is -2.47. The Kier molecular flexibility index (Phi) is 5.24. The molecule has 0 saturated carbocycles. The first kappa shape index (κ1) is 13.9. The van der Waals surface area contributed by atoms with Gasteiger partial charge >= 0.3 is 5.97 Å². The molecule has 0 aliphatic heterocycles. The molecular formula is C9H19N3O3. The first-order valence-corrected chi connectivity index (χ1v) is 4.73. The molecule has 0 unspecified atom stereocenters. The molecule has 0 atom stereocenters. The highest BCUT2D eigenvalue weighted by Gasteiger charge is 2.16. The van der Waals surface area contributed by atoms with Crippen LogP contribution in [0.4, 0.5) is 0 Å². The molecular weight excluding hydrogens is 198 g/mol. The number of carbonyl (C=O) groups excluding carboxylic acids is 2. The zero-order valence-electron chi connectivity index (χ0n) is 9.37. The van der Waals surface area contributed by atoms with Crippen molar-refractivity contribution in [1.82, 2.24) is 5.32 Å². The van der Waals surface area contributed by atoms with Crippen LogP contribution in [0, 0.1) is 0 Å². The van der Waals surface area contributed by atoms with E-state index in [1.54, 1.807) is 20.8 Å². The third-order valence-electron chi connectivity index (χ3n) is 1.35. The molecule has 0 heterocycles. The fraction of sp³-hybridized carbons (Fsp3) is 0.778. The highest BCUT2D eigenvalue weighted by Crippen LogP contribution is 2.07. The van der Waals surface area contributed by atoms with Crippen molar-refractivity contribution in [2.75, 3.05) is 6.54 Å². The van der Waals surface area contributed by atoms with E-state index in [-0.39, 0.29) is 18.9 Å². The summed E-state index contributed by atoms with van der Waals surface area (Å²) in [6.45, 7) is 5.51. The van der Waals surface area contributed by atoms with Crippen LogP contribution in [0.1, 0.15) is 27.2 Å². The molecule has 0 bridgehead atoms. The van der Waals surface area contributed by atoms with Crippen molar-refractivity contribution in [3.8, 4) is 0 Å². The minimum absolute atomic E-state index is 0.107. The van der Waals surface area contributed by atoms with Gasteiger partial charge in [-0.05, 0) is 20.8 Å². The van der Waals surface area contributed by atoms with Crippen LogP contribution in [0.3, 0.4) is 0 Å². The molecule has 0 rings (SSSR count). The second-order valence-corrected chi connectivity index (χ2v) is 4.15. The van der Waals surface area contributed by atoms with Gasteiger partial charge in [0.25, 0.3) is 5.91 Å². The van der Waals surface area contributed by atoms with Gasteiger partial charge in [-0.1, -0.05) is 0 Å². The lowest BCUT2D eigenvalue weighted by molar-refractivity contribution is -0.154. The van der Waals surface area contributed by atoms with Crippen LogP contribution in [0.5, 0.6) is 0 Å². The van der Waals surface area contributed by atoms with E-state index in [1.165, 1.54) is 0 Å². The largest absolute Gasteiger partial charge is 0.460 e. The first-order valence-electron chi connectivity index (χ1n) is 4.73. The third kappa shape index (κ3) is 7.90. The van der Waals surface area contributed by atoms with Crippen molar-refractivity contribution < 1.29 is 14.3 Å². The predicted octanol–water partition coefficient (Wildman–Crippen LogP) is -0.922. The number of esters is 1. The minimum atomic E-state index is -1.05. The second-order valence-electron chi connectivity index (χ2n) is 4.15. The van der Waals surface area contributed by atoms with E-state index in [2.05, 4.69) is 5.32 Å². The van der Waals surface area contributed by atoms with Gasteiger partial charge in [0.05, 0.1) is 6.42 Å². The zero-order valence-corrected chi connectivity index (χ0v) is 9.37. The Morgan fingerprint density at radius 2 is 1.87 bits per heavy atom. The summed E-state index contributed by atoms with van der Waals surface area (Å²) in [5.74, 6) is -0.855. The Morgan fingerprint density at radius 3 is 2.27 bits per heavy atom. The van der Waals surface area contributed by atoms with Crippen LogP contribution in [0.25, 0.3) is 0 Å². The average molecular weight is 217 g/mol. The van der Waals surface area contributed by atoms with Gasteiger partial charge in [0.1, 0.15) is 11.8 Å². The summed E-state index contributed by atoms with van der Waals surface area (Å²) < 4.78 is 5.03. The van der Waals surface area contributed by atoms with Crippen LogP contribution in [-0.4, -0.2) is 30.2 Å². The first-order chi connectivity index (χ1) is 6.72. The van der Waals surface area contributed by atoms with Crippen molar-refractivity contribution in [2.24, 2.45) is 11.5 Å². The van der Waals surface area contributed by atoms with Crippen LogP contribution in [0.2, 0.25) is 0 Å². The molecule has 0 fully saturated rings. The molecule has 0 aromatic carbocycles. The molecule has 0 aromatic heterocycles. The monoisotopic (exact) mass is 217 g/mol. The summed E-state index contributed by atoms with van der Waals surface area (Å²) in [7, 11) is 0. The van der Waals surface area contributed by atoms with Gasteiger partial charge in [-0.25, -0.2) is 0 Å². The van der Waals surface area contributed by atoms with Crippen LogP contribution in [0.15, 0.2) is 0 Å². The molecule has 88 valence electrons. The maximum absolute atomic E-state index is 11.2. The number of nitrogens with two attached hydrogens (primary N) is 2. The predicted molar refractivity (Wildman–Crippen MR) is 55.6 cm³/mol. The molecule has 0 aromatic rings. The normalized spacial score (nSPS) is 11.3. The van der Waals surface area contributed by atoms with E-state index < -0.39 is 17.7 Å². The fourth-order valence-corrected chi connectivity index (χ4v) is 0.798. The molecule has 0 spiro atoms. The maximum Gasteiger partial charge on any atom is 0.308 e. The Labute approximate surface area is 89.3 Å². The molecule has 5 N–H and O–H groups in total. The van der Waals surface area contributed by atoms with Crippen LogP contribution >= 0.6 is 0 Å². The van der Waals surface area contributed by atoms with Gasteiger partial charge in [-0.2, -0.15) is 0 Å². The van der Waals surface area contributed by atoms with Crippen molar-refractivity contribution in [3.63, 3.8) is 0 Å². The number of hydrogen-bond acceptors (Lipinski definition) is 5. The number of amides is 1. The van der Waals surface area contributed by atoms with Gasteiger partial charge < -0.3 is 21.5 Å². The molecule has 15 heavy (non-hydrogen) atoms. The van der Waals surface area contributed by atoms with Crippen molar-refractivity contribution >= 4 is 11.9 Å². The van der Waals surface area contributed by atoms with Crippen molar-refractivity contribution in [1.29, 1.82) is 0 Å². The fourth-order valence-electron chi connectivity index (χ4n) is 0.798. The van der Waals surface area contributed by atoms with E-state index in [1.807, 2.05) is 0 Å². The lowest BCUT2D eigenvalue weighted by atomic mass is 10.2. The molecule has 6 heteroatoms. The number of carbonyl (C=O) groups is 2. The number of ether oxygens (including phenoxy) is 1. The van der Waals surface area contributed by atoms with E-state index in [9.17, 15) is 9.59 Å². The molecule has 6 nitrogen and oxygen atoms in total. The molecule has 0 radical (unpaired) electrons. The quantitative estimate of drug-likeness (QED) is 0.417. The summed E-state index contributed by atoms with van der Waals surface area (Å²) in [4.78, 5) is 22.1. The number of rotatable bonds is 4. The average Bonchev–Trinajstić information content (AvgIpc) is 2.00. The van der Waals surface area contributed by atoms with Gasteiger partial charge in [-0.3, -0.25) is 9.59 Å². The van der Waals surface area contributed by atoms with Gasteiger partial charge in [0.2, 0.25) is 0 Å². The Hall–Kier alpha value is -1.14. The summed E-state index contributed by atoms with van der Waals surface area (Å²) in [5, 5.41) is 2.41. The van der Waals surface area contributed by atoms with Crippen molar-refractivity contribution in [3.05, 3.63) is 0 Å². The summed E-state index contributed by atoms with van der Waals surface area (Å²) >= 11 is 0. The summed E-state index contributed by atoms with van der Waals surface area (Å²) in [5.41, 5.74) is 9.70. The van der Waals surface area contributed by atoms with E-state index in [4.69, 9.17) is 16.2 Å². The van der Waals surface area contributed by atoms with Crippen LogP contribution in [-0.2, 0) is 14.3 Å². The smallest absolute Gasteiger partial charge is 0.308 e. The van der Waals surface area contributed by atoms with Crippen LogP contribution < -0.4 is 16.8 Å². The highest BCUT2D eigenvalue weighted by atomic mass is 16.6. The number of nitrogens with one attached hydrogen (secondary N) is 1. The number of hydrogen-bond donors (Lipinski definition) is 3. The highest BCUT2D eigenvalue weighted by molar-refractivity contribution is 5.81. The SMILES string of the molecule is CC(C)(C)OC(=O)CCNC(=O)C(N)N. The minimum Gasteiger partial charge on any atom is -0.460 e. The van der Waals surface area contributed by atoms with E-state index in [0.717, 1.165) is 0 Å². The molecule has 0 aliphatic rings. The summed E-state index contributed by atoms with van der Waals surface area (Å²) in [6.07, 6.45) is -0.945. The standard InChI is InChI=1S/C9H19N3O3/c1-9(2,3)15-6(13)4-5-12-8(14)7(10)11/h7H,4-5,10-11H2,1-3H3,(H,12,14). The Morgan fingerprint density at radius 1 is 1.33 bits per heavy atom. The zero-order chi connectivity index (χ0) is 12.1. The van der Waals surface area contributed by atoms with E-state index >= 15 is 0 Å². The summed E-state index contributed by atoms with van der Waals surface area (Å²) in [6, 6.07) is 0. The Balaban J connectivity index is 3.70. The second kappa shape index (κ2) is 5.67. The molecule has 0 aliphatic carbocycles. The van der Waals surface area contributed by atoms with Gasteiger partial charge in [0.15, 0.2) is 0 Å². The van der Waals surface area contributed by atoms with E-state index in [0.29, 0.717) is 0 Å². The third-order valence-corrected chi connectivity index (χ3v) is 1.35. The van der Waals surface area contributed by atoms with Crippen molar-refractivity contribution in [2.45, 2.75) is 39.0 Å². The molecule has 1 amide bonds.